The maximum Gasteiger partial charge on any atom is 0.146 e. The van der Waals surface area contributed by atoms with Crippen molar-refractivity contribution in [2.24, 2.45) is 0 Å². The third-order valence-electron chi connectivity index (χ3n) is 2.71. The molecular formula is C15H15F2NO. The van der Waals surface area contributed by atoms with E-state index in [0.29, 0.717) is 13.2 Å². The van der Waals surface area contributed by atoms with E-state index in [2.05, 4.69) is 5.32 Å². The van der Waals surface area contributed by atoms with Crippen molar-refractivity contribution in [1.82, 2.24) is 0 Å². The van der Waals surface area contributed by atoms with E-state index in [-0.39, 0.29) is 5.69 Å². The summed E-state index contributed by atoms with van der Waals surface area (Å²) in [5.74, 6) is -0.925. The molecule has 2 aromatic carbocycles. The number of hydrogen-bond acceptors (Lipinski definition) is 2. The summed E-state index contributed by atoms with van der Waals surface area (Å²) in [4.78, 5) is 0. The molecule has 0 amide bonds. The van der Waals surface area contributed by atoms with Crippen LogP contribution in [0, 0.1) is 11.6 Å². The van der Waals surface area contributed by atoms with Crippen molar-refractivity contribution in [3.63, 3.8) is 0 Å². The highest BCUT2D eigenvalue weighted by molar-refractivity contribution is 5.45. The van der Waals surface area contributed by atoms with Gasteiger partial charge in [0.15, 0.2) is 0 Å². The van der Waals surface area contributed by atoms with Gasteiger partial charge in [-0.1, -0.05) is 24.3 Å². The molecule has 0 spiro atoms. The minimum Gasteiger partial charge on any atom is -0.380 e. The first-order valence-corrected chi connectivity index (χ1v) is 5.94. The van der Waals surface area contributed by atoms with E-state index in [9.17, 15) is 8.78 Å². The Morgan fingerprint density at radius 3 is 2.63 bits per heavy atom. The molecule has 0 radical (unpaired) electrons. The van der Waals surface area contributed by atoms with Gasteiger partial charge < -0.3 is 10.1 Å². The predicted octanol–water partition coefficient (Wildman–Crippen LogP) is 3.72. The van der Waals surface area contributed by atoms with Crippen LogP contribution in [0.4, 0.5) is 14.5 Å². The van der Waals surface area contributed by atoms with E-state index in [1.165, 1.54) is 0 Å². The summed E-state index contributed by atoms with van der Waals surface area (Å²) in [7, 11) is 1.63. The van der Waals surface area contributed by atoms with Gasteiger partial charge in [-0.25, -0.2) is 8.78 Å². The lowest BCUT2D eigenvalue weighted by Crippen LogP contribution is -2.02. The first-order chi connectivity index (χ1) is 9.19. The minimum absolute atomic E-state index is 0.164. The quantitative estimate of drug-likeness (QED) is 0.887. The summed E-state index contributed by atoms with van der Waals surface area (Å²) in [5, 5.41) is 2.88. The third kappa shape index (κ3) is 3.76. The summed E-state index contributed by atoms with van der Waals surface area (Å²) < 4.78 is 31.5. The van der Waals surface area contributed by atoms with Gasteiger partial charge in [0, 0.05) is 13.7 Å². The molecule has 2 rings (SSSR count). The highest BCUT2D eigenvalue weighted by Gasteiger charge is 2.03. The molecule has 0 saturated carbocycles. The largest absolute Gasteiger partial charge is 0.380 e. The van der Waals surface area contributed by atoms with E-state index >= 15 is 0 Å². The number of rotatable bonds is 5. The van der Waals surface area contributed by atoms with Crippen molar-refractivity contribution in [2.45, 2.75) is 13.2 Å². The van der Waals surface area contributed by atoms with Gasteiger partial charge in [-0.15, -0.1) is 0 Å². The molecule has 2 nitrogen and oxygen atoms in total. The van der Waals surface area contributed by atoms with Crippen LogP contribution in [0.1, 0.15) is 11.1 Å². The third-order valence-corrected chi connectivity index (χ3v) is 2.71. The van der Waals surface area contributed by atoms with Crippen LogP contribution in [0.3, 0.4) is 0 Å². The second-order valence-corrected chi connectivity index (χ2v) is 4.23. The molecule has 100 valence electrons. The number of benzene rings is 2. The lowest BCUT2D eigenvalue weighted by atomic mass is 10.1. The fourth-order valence-electron chi connectivity index (χ4n) is 1.83. The monoisotopic (exact) mass is 263 g/mol. The predicted molar refractivity (Wildman–Crippen MR) is 70.8 cm³/mol. The zero-order valence-corrected chi connectivity index (χ0v) is 10.6. The van der Waals surface area contributed by atoms with Crippen molar-refractivity contribution in [1.29, 1.82) is 0 Å². The van der Waals surface area contributed by atoms with Gasteiger partial charge in [0.25, 0.3) is 0 Å². The highest BCUT2D eigenvalue weighted by atomic mass is 19.1. The summed E-state index contributed by atoms with van der Waals surface area (Å²) in [6.45, 7) is 0.958. The Balaban J connectivity index is 2.05. The second-order valence-electron chi connectivity index (χ2n) is 4.23. The lowest BCUT2D eigenvalue weighted by Gasteiger charge is -2.09. The van der Waals surface area contributed by atoms with E-state index in [0.717, 1.165) is 29.3 Å². The first-order valence-electron chi connectivity index (χ1n) is 5.94. The molecule has 0 atom stereocenters. The summed E-state index contributed by atoms with van der Waals surface area (Å²) >= 11 is 0. The molecule has 0 bridgehead atoms. The van der Waals surface area contributed by atoms with E-state index in [1.54, 1.807) is 7.11 Å². The smallest absolute Gasteiger partial charge is 0.146 e. The van der Waals surface area contributed by atoms with Crippen LogP contribution in [0.25, 0.3) is 0 Å². The Hall–Kier alpha value is -1.94. The van der Waals surface area contributed by atoms with Crippen molar-refractivity contribution >= 4 is 5.69 Å². The van der Waals surface area contributed by atoms with Crippen molar-refractivity contribution in [2.75, 3.05) is 12.4 Å². The molecule has 0 unspecified atom stereocenters. The molecule has 19 heavy (non-hydrogen) atoms. The van der Waals surface area contributed by atoms with E-state index in [4.69, 9.17) is 4.74 Å². The van der Waals surface area contributed by atoms with Crippen LogP contribution in [-0.2, 0) is 17.9 Å². The molecule has 4 heteroatoms. The number of nitrogens with one attached hydrogen (secondary N) is 1. The molecule has 1 N–H and O–H groups in total. The van der Waals surface area contributed by atoms with E-state index in [1.807, 2.05) is 24.3 Å². The van der Waals surface area contributed by atoms with Gasteiger partial charge in [-0.2, -0.15) is 0 Å². The maximum absolute atomic E-state index is 13.4. The Morgan fingerprint density at radius 1 is 1.05 bits per heavy atom. The normalized spacial score (nSPS) is 10.5. The van der Waals surface area contributed by atoms with Crippen LogP contribution in [-0.4, -0.2) is 7.11 Å². The number of halogens is 2. The Kier molecular flexibility index (Phi) is 4.47. The molecule has 2 aromatic rings. The minimum atomic E-state index is -0.463. The molecular weight excluding hydrogens is 248 g/mol. The SMILES string of the molecule is COCc1cccc(CNc2cc(F)ccc2F)c1. The van der Waals surface area contributed by atoms with Crippen LogP contribution in [0.2, 0.25) is 0 Å². The molecule has 0 saturated heterocycles. The fourth-order valence-corrected chi connectivity index (χ4v) is 1.83. The van der Waals surface area contributed by atoms with Crippen LogP contribution < -0.4 is 5.32 Å². The fraction of sp³-hybridized carbons (Fsp3) is 0.200. The number of hydrogen-bond donors (Lipinski definition) is 1. The maximum atomic E-state index is 13.4. The first kappa shape index (κ1) is 13.5. The molecule has 0 fully saturated rings. The molecule has 0 heterocycles. The van der Waals surface area contributed by atoms with Crippen LogP contribution in [0.5, 0.6) is 0 Å². The molecule has 0 aromatic heterocycles. The molecule has 0 aliphatic rings. The van der Waals surface area contributed by atoms with Gasteiger partial charge in [-0.05, 0) is 29.3 Å². The lowest BCUT2D eigenvalue weighted by molar-refractivity contribution is 0.185. The Morgan fingerprint density at radius 2 is 1.84 bits per heavy atom. The zero-order chi connectivity index (χ0) is 13.7. The standard InChI is InChI=1S/C15H15F2NO/c1-19-10-12-4-2-3-11(7-12)9-18-15-8-13(16)5-6-14(15)17/h2-8,18H,9-10H2,1H3. The summed E-state index contributed by atoms with van der Waals surface area (Å²) in [6, 6.07) is 11.1. The number of ether oxygens (including phenoxy) is 1. The van der Waals surface area contributed by atoms with Crippen molar-refractivity contribution < 1.29 is 13.5 Å². The molecule has 0 aliphatic carbocycles. The second kappa shape index (κ2) is 6.29. The van der Waals surface area contributed by atoms with Crippen LogP contribution in [0.15, 0.2) is 42.5 Å². The van der Waals surface area contributed by atoms with Gasteiger partial charge >= 0.3 is 0 Å². The van der Waals surface area contributed by atoms with Crippen LogP contribution >= 0.6 is 0 Å². The zero-order valence-electron chi connectivity index (χ0n) is 10.6. The van der Waals surface area contributed by atoms with E-state index < -0.39 is 11.6 Å². The summed E-state index contributed by atoms with van der Waals surface area (Å²) in [6.07, 6.45) is 0. The number of anilines is 1. The highest BCUT2D eigenvalue weighted by Crippen LogP contribution is 2.16. The average molecular weight is 263 g/mol. The molecule has 0 aliphatic heterocycles. The average Bonchev–Trinajstić information content (AvgIpc) is 2.41. The van der Waals surface area contributed by atoms with Gasteiger partial charge in [-0.3, -0.25) is 0 Å². The van der Waals surface area contributed by atoms with Gasteiger partial charge in [0.05, 0.1) is 12.3 Å². The van der Waals surface area contributed by atoms with Crippen molar-refractivity contribution in [3.05, 3.63) is 65.2 Å². The summed E-state index contributed by atoms with van der Waals surface area (Å²) in [5.41, 5.74) is 2.19. The van der Waals surface area contributed by atoms with Gasteiger partial charge in [0.2, 0.25) is 0 Å². The number of methoxy groups -OCH3 is 1. The topological polar surface area (TPSA) is 21.3 Å². The van der Waals surface area contributed by atoms with Crippen molar-refractivity contribution in [3.8, 4) is 0 Å². The van der Waals surface area contributed by atoms with Gasteiger partial charge in [0.1, 0.15) is 11.6 Å². The Labute approximate surface area is 111 Å². The Bertz CT molecular complexity index is 558.